The van der Waals surface area contributed by atoms with Gasteiger partial charge in [0.2, 0.25) is 0 Å². The molecule has 1 rings (SSSR count). The van der Waals surface area contributed by atoms with E-state index in [0.29, 0.717) is 25.4 Å². The molecule has 1 atom stereocenters. The lowest BCUT2D eigenvalue weighted by atomic mass is 9.90. The van der Waals surface area contributed by atoms with Crippen LogP contribution in [0.1, 0.15) is 45.6 Å². The standard InChI is InChI=1S/C18H26O3/c1-4-21-18(20)16(13-14(2)3)17(19)12-8-11-15-9-6-5-7-10-15/h5-7,9-10,14,16H,4,8,11-13H2,1-3H3. The molecule has 116 valence electrons. The zero-order valence-electron chi connectivity index (χ0n) is 13.3. The van der Waals surface area contributed by atoms with Gasteiger partial charge in [-0.1, -0.05) is 44.2 Å². The first-order valence-corrected chi connectivity index (χ1v) is 7.77. The summed E-state index contributed by atoms with van der Waals surface area (Å²) >= 11 is 0. The molecule has 0 bridgehead atoms. The molecule has 0 saturated heterocycles. The Morgan fingerprint density at radius 3 is 2.38 bits per heavy atom. The number of ketones is 1. The number of Topliss-reactive ketones (excluding diaryl/α,β-unsaturated/α-hetero) is 1. The van der Waals surface area contributed by atoms with E-state index >= 15 is 0 Å². The van der Waals surface area contributed by atoms with Gasteiger partial charge in [-0.3, -0.25) is 9.59 Å². The van der Waals surface area contributed by atoms with Crippen molar-refractivity contribution in [2.75, 3.05) is 6.61 Å². The second-order valence-electron chi connectivity index (χ2n) is 5.74. The third-order valence-electron chi connectivity index (χ3n) is 3.40. The van der Waals surface area contributed by atoms with Gasteiger partial charge in [0.15, 0.2) is 0 Å². The van der Waals surface area contributed by atoms with Crippen LogP contribution in [-0.2, 0) is 20.7 Å². The molecule has 3 heteroatoms. The van der Waals surface area contributed by atoms with Crippen LogP contribution in [-0.4, -0.2) is 18.4 Å². The summed E-state index contributed by atoms with van der Waals surface area (Å²) in [6, 6.07) is 10.1. The normalized spacial score (nSPS) is 12.2. The van der Waals surface area contributed by atoms with Crippen molar-refractivity contribution >= 4 is 11.8 Å². The largest absolute Gasteiger partial charge is 0.465 e. The van der Waals surface area contributed by atoms with Crippen LogP contribution in [0.4, 0.5) is 0 Å². The number of ether oxygens (including phenoxy) is 1. The number of hydrogen-bond acceptors (Lipinski definition) is 3. The molecule has 0 aliphatic carbocycles. The number of carbonyl (C=O) groups is 2. The van der Waals surface area contributed by atoms with Gasteiger partial charge in [-0.2, -0.15) is 0 Å². The number of benzene rings is 1. The Morgan fingerprint density at radius 1 is 1.14 bits per heavy atom. The van der Waals surface area contributed by atoms with Crippen molar-refractivity contribution < 1.29 is 14.3 Å². The molecule has 0 aliphatic rings. The molecule has 0 spiro atoms. The molecule has 0 N–H and O–H groups in total. The molecule has 0 amide bonds. The zero-order chi connectivity index (χ0) is 15.7. The molecule has 0 saturated carbocycles. The van der Waals surface area contributed by atoms with E-state index in [1.54, 1.807) is 6.92 Å². The van der Waals surface area contributed by atoms with Crippen LogP contribution in [0.3, 0.4) is 0 Å². The minimum Gasteiger partial charge on any atom is -0.465 e. The van der Waals surface area contributed by atoms with E-state index < -0.39 is 5.92 Å². The second-order valence-corrected chi connectivity index (χ2v) is 5.74. The SMILES string of the molecule is CCOC(=O)C(CC(C)C)C(=O)CCCc1ccccc1. The smallest absolute Gasteiger partial charge is 0.316 e. The molecule has 0 heterocycles. The van der Waals surface area contributed by atoms with Gasteiger partial charge in [0, 0.05) is 6.42 Å². The second kappa shape index (κ2) is 9.32. The highest BCUT2D eigenvalue weighted by Gasteiger charge is 2.27. The Balaban J connectivity index is 2.50. The molecular weight excluding hydrogens is 264 g/mol. The molecule has 0 aliphatic heterocycles. The maximum absolute atomic E-state index is 12.3. The van der Waals surface area contributed by atoms with Crippen molar-refractivity contribution in [3.8, 4) is 0 Å². The fourth-order valence-corrected chi connectivity index (χ4v) is 2.36. The molecular formula is C18H26O3. The van der Waals surface area contributed by atoms with Crippen molar-refractivity contribution in [2.45, 2.75) is 46.5 Å². The fraction of sp³-hybridized carbons (Fsp3) is 0.556. The van der Waals surface area contributed by atoms with E-state index in [-0.39, 0.29) is 11.8 Å². The first-order chi connectivity index (χ1) is 10.0. The Morgan fingerprint density at radius 2 is 1.81 bits per heavy atom. The molecule has 1 aromatic carbocycles. The minimum atomic E-state index is -0.597. The molecule has 0 fully saturated rings. The topological polar surface area (TPSA) is 43.4 Å². The summed E-state index contributed by atoms with van der Waals surface area (Å²) in [6.07, 6.45) is 2.65. The number of carbonyl (C=O) groups excluding carboxylic acids is 2. The van der Waals surface area contributed by atoms with Crippen LogP contribution in [0.5, 0.6) is 0 Å². The zero-order valence-corrected chi connectivity index (χ0v) is 13.3. The molecule has 1 unspecified atom stereocenters. The van der Waals surface area contributed by atoms with Gasteiger partial charge < -0.3 is 4.74 Å². The maximum atomic E-state index is 12.3. The van der Waals surface area contributed by atoms with E-state index in [9.17, 15) is 9.59 Å². The average molecular weight is 290 g/mol. The monoisotopic (exact) mass is 290 g/mol. The first kappa shape index (κ1) is 17.4. The lowest BCUT2D eigenvalue weighted by molar-refractivity contribution is -0.152. The van der Waals surface area contributed by atoms with Gasteiger partial charge in [0.25, 0.3) is 0 Å². The lowest BCUT2D eigenvalue weighted by Gasteiger charge is -2.16. The average Bonchev–Trinajstić information content (AvgIpc) is 2.45. The Kier molecular flexibility index (Phi) is 7.73. The highest BCUT2D eigenvalue weighted by Crippen LogP contribution is 2.18. The van der Waals surface area contributed by atoms with Crippen LogP contribution in [0.15, 0.2) is 30.3 Å². The summed E-state index contributed by atoms with van der Waals surface area (Å²) in [5.74, 6) is -0.646. The Hall–Kier alpha value is -1.64. The van der Waals surface area contributed by atoms with Gasteiger partial charge in [-0.15, -0.1) is 0 Å². The van der Waals surface area contributed by atoms with Crippen molar-refractivity contribution in [2.24, 2.45) is 11.8 Å². The first-order valence-electron chi connectivity index (χ1n) is 7.77. The van der Waals surface area contributed by atoms with Crippen molar-refractivity contribution in [1.29, 1.82) is 0 Å². The van der Waals surface area contributed by atoms with Crippen molar-refractivity contribution in [3.05, 3.63) is 35.9 Å². The van der Waals surface area contributed by atoms with Crippen LogP contribution in [0, 0.1) is 11.8 Å². The number of aryl methyl sites for hydroxylation is 1. The lowest BCUT2D eigenvalue weighted by Crippen LogP contribution is -2.27. The molecule has 0 aromatic heterocycles. The van der Waals surface area contributed by atoms with Crippen molar-refractivity contribution in [3.63, 3.8) is 0 Å². The third kappa shape index (κ3) is 6.56. The quantitative estimate of drug-likeness (QED) is 0.513. The van der Waals surface area contributed by atoms with E-state index in [1.165, 1.54) is 5.56 Å². The summed E-state index contributed by atoms with van der Waals surface area (Å²) in [4.78, 5) is 24.2. The van der Waals surface area contributed by atoms with Gasteiger partial charge in [-0.25, -0.2) is 0 Å². The van der Waals surface area contributed by atoms with Gasteiger partial charge in [0.1, 0.15) is 11.7 Å². The molecule has 0 radical (unpaired) electrons. The Bertz CT molecular complexity index is 437. The third-order valence-corrected chi connectivity index (χ3v) is 3.40. The molecule has 3 nitrogen and oxygen atoms in total. The Labute approximate surface area is 127 Å². The number of esters is 1. The van der Waals surface area contributed by atoms with E-state index in [1.807, 2.05) is 32.0 Å². The summed E-state index contributed by atoms with van der Waals surface area (Å²) < 4.78 is 5.03. The predicted octanol–water partition coefficient (Wildman–Crippen LogP) is 3.80. The summed E-state index contributed by atoms with van der Waals surface area (Å²) in [5, 5.41) is 0. The van der Waals surface area contributed by atoms with E-state index in [2.05, 4.69) is 12.1 Å². The van der Waals surface area contributed by atoms with Gasteiger partial charge in [-0.05, 0) is 37.7 Å². The van der Waals surface area contributed by atoms with E-state index in [4.69, 9.17) is 4.74 Å². The van der Waals surface area contributed by atoms with Crippen LogP contribution >= 0.6 is 0 Å². The minimum absolute atomic E-state index is 0.0121. The summed E-state index contributed by atoms with van der Waals surface area (Å²) in [6.45, 7) is 6.13. The molecule has 1 aromatic rings. The van der Waals surface area contributed by atoms with Crippen LogP contribution in [0.2, 0.25) is 0 Å². The molecule has 21 heavy (non-hydrogen) atoms. The maximum Gasteiger partial charge on any atom is 0.316 e. The van der Waals surface area contributed by atoms with E-state index in [0.717, 1.165) is 12.8 Å². The van der Waals surface area contributed by atoms with Crippen LogP contribution < -0.4 is 0 Å². The predicted molar refractivity (Wildman–Crippen MR) is 84.0 cm³/mol. The number of rotatable bonds is 9. The van der Waals surface area contributed by atoms with Gasteiger partial charge >= 0.3 is 5.97 Å². The fourth-order valence-electron chi connectivity index (χ4n) is 2.36. The number of hydrogen-bond donors (Lipinski definition) is 0. The van der Waals surface area contributed by atoms with Gasteiger partial charge in [0.05, 0.1) is 6.61 Å². The van der Waals surface area contributed by atoms with Crippen LogP contribution in [0.25, 0.3) is 0 Å². The summed E-state index contributed by atoms with van der Waals surface area (Å²) in [5.41, 5.74) is 1.22. The highest BCUT2D eigenvalue weighted by molar-refractivity contribution is 5.98. The highest BCUT2D eigenvalue weighted by atomic mass is 16.5. The van der Waals surface area contributed by atoms with Crippen molar-refractivity contribution in [1.82, 2.24) is 0 Å². The summed E-state index contributed by atoms with van der Waals surface area (Å²) in [7, 11) is 0.